The molecule has 0 saturated carbocycles. The average Bonchev–Trinajstić information content (AvgIpc) is 2.86. The second-order valence-corrected chi connectivity index (χ2v) is 8.94. The van der Waals surface area contributed by atoms with Gasteiger partial charge in [-0.2, -0.15) is 4.39 Å². The number of aryl methyl sites for hydroxylation is 2. The maximum absolute atomic E-state index is 14.9. The lowest BCUT2D eigenvalue weighted by Crippen LogP contribution is -2.08. The molecule has 35 heavy (non-hydrogen) atoms. The Morgan fingerprint density at radius 3 is 2.31 bits per heavy atom. The molecule has 0 aromatic heterocycles. The van der Waals surface area contributed by atoms with Crippen LogP contribution in [0.2, 0.25) is 0 Å². The van der Waals surface area contributed by atoms with Crippen LogP contribution in [0.15, 0.2) is 48.5 Å². The summed E-state index contributed by atoms with van der Waals surface area (Å²) >= 11 is 0. The van der Waals surface area contributed by atoms with Crippen LogP contribution in [-0.4, -0.2) is 6.61 Å². The number of allylic oxidation sites excluding steroid dienone is 2. The van der Waals surface area contributed by atoms with Crippen molar-refractivity contribution >= 4 is 5.57 Å². The third-order valence-electron chi connectivity index (χ3n) is 6.67. The summed E-state index contributed by atoms with van der Waals surface area (Å²) in [7, 11) is 0. The first-order valence-corrected chi connectivity index (χ1v) is 11.8. The van der Waals surface area contributed by atoms with E-state index in [1.54, 1.807) is 25.1 Å². The molecule has 0 N–H and O–H groups in total. The number of ether oxygens (including phenoxy) is 1. The van der Waals surface area contributed by atoms with Crippen molar-refractivity contribution in [2.45, 2.75) is 46.0 Å². The quantitative estimate of drug-likeness (QED) is 0.304. The van der Waals surface area contributed by atoms with Crippen LogP contribution >= 0.6 is 0 Å². The van der Waals surface area contributed by atoms with Crippen molar-refractivity contribution in [1.29, 1.82) is 0 Å². The molecule has 0 aliphatic heterocycles. The summed E-state index contributed by atoms with van der Waals surface area (Å²) in [6.45, 7) is 3.39. The highest BCUT2D eigenvalue weighted by molar-refractivity contribution is 5.72. The second kappa shape index (κ2) is 10.6. The minimum atomic E-state index is -1.15. The highest BCUT2D eigenvalue weighted by Gasteiger charge is 2.21. The van der Waals surface area contributed by atoms with Crippen LogP contribution in [0.5, 0.6) is 5.75 Å². The fourth-order valence-electron chi connectivity index (χ4n) is 4.59. The zero-order valence-electron chi connectivity index (χ0n) is 19.7. The van der Waals surface area contributed by atoms with Gasteiger partial charge < -0.3 is 4.74 Å². The van der Waals surface area contributed by atoms with E-state index in [4.69, 9.17) is 4.74 Å². The van der Waals surface area contributed by atoms with E-state index in [0.29, 0.717) is 29.0 Å². The first kappa shape index (κ1) is 25.0. The van der Waals surface area contributed by atoms with Gasteiger partial charge in [-0.05, 0) is 92.3 Å². The van der Waals surface area contributed by atoms with Gasteiger partial charge in [-0.3, -0.25) is 0 Å². The van der Waals surface area contributed by atoms with Gasteiger partial charge in [0.05, 0.1) is 6.61 Å². The van der Waals surface area contributed by atoms with E-state index in [-0.39, 0.29) is 23.5 Å². The van der Waals surface area contributed by atoms with Gasteiger partial charge in [-0.15, -0.1) is 0 Å². The molecule has 6 heteroatoms. The summed E-state index contributed by atoms with van der Waals surface area (Å²) < 4.78 is 76.7. The molecule has 0 radical (unpaired) electrons. The van der Waals surface area contributed by atoms with E-state index in [9.17, 15) is 22.0 Å². The second-order valence-electron chi connectivity index (χ2n) is 8.94. The molecule has 0 spiro atoms. The molecule has 0 saturated heterocycles. The van der Waals surface area contributed by atoms with Gasteiger partial charge in [0.1, 0.15) is 5.82 Å². The van der Waals surface area contributed by atoms with Crippen LogP contribution in [0.4, 0.5) is 22.0 Å². The van der Waals surface area contributed by atoms with Gasteiger partial charge in [-0.1, -0.05) is 30.3 Å². The van der Waals surface area contributed by atoms with Gasteiger partial charge in [0, 0.05) is 11.1 Å². The van der Waals surface area contributed by atoms with Gasteiger partial charge in [-0.25, -0.2) is 17.6 Å². The van der Waals surface area contributed by atoms with Crippen molar-refractivity contribution < 1.29 is 26.7 Å². The average molecular weight is 487 g/mol. The summed E-state index contributed by atoms with van der Waals surface area (Å²) in [6, 6.07) is 10.4. The standard InChI is InChI=1S/C29H27F5O/c1-3-35-25-15-14-23(28(33)29(25)34)22-13-12-21(16-24(22)30)19-9-5-18(6-10-19)7-11-20-8-4-17(2)26(31)27(20)32/h4,8-9,12-16,18H,3,5-7,10-11H2,1-2H3. The lowest BCUT2D eigenvalue weighted by molar-refractivity contribution is 0.314. The SMILES string of the molecule is CCOc1ccc(-c2ccc(C3=CCC(CCc4ccc(C)c(F)c4F)CC3)cc2F)c(F)c1F. The van der Waals surface area contributed by atoms with Crippen LogP contribution in [0.1, 0.15) is 49.3 Å². The topological polar surface area (TPSA) is 9.23 Å². The van der Waals surface area contributed by atoms with Crippen molar-refractivity contribution in [3.8, 4) is 16.9 Å². The molecule has 1 unspecified atom stereocenters. The smallest absolute Gasteiger partial charge is 0.201 e. The van der Waals surface area contributed by atoms with Gasteiger partial charge >= 0.3 is 0 Å². The van der Waals surface area contributed by atoms with Crippen molar-refractivity contribution in [2.75, 3.05) is 6.61 Å². The predicted octanol–water partition coefficient (Wildman–Crippen LogP) is 8.57. The number of rotatable bonds is 7. The Hall–Kier alpha value is -3.15. The molecule has 0 fully saturated rings. The summed E-state index contributed by atoms with van der Waals surface area (Å²) in [4.78, 5) is 0. The van der Waals surface area contributed by atoms with E-state index in [2.05, 4.69) is 0 Å². The molecule has 1 aliphatic carbocycles. The summed E-state index contributed by atoms with van der Waals surface area (Å²) in [5.74, 6) is -4.35. The van der Waals surface area contributed by atoms with E-state index in [0.717, 1.165) is 31.3 Å². The van der Waals surface area contributed by atoms with E-state index in [1.807, 2.05) is 6.08 Å². The fraction of sp³-hybridized carbons (Fsp3) is 0.310. The van der Waals surface area contributed by atoms with Crippen molar-refractivity contribution in [3.05, 3.63) is 94.3 Å². The summed E-state index contributed by atoms with van der Waals surface area (Å²) in [5, 5.41) is 0. The zero-order valence-corrected chi connectivity index (χ0v) is 19.7. The molecule has 1 atom stereocenters. The van der Waals surface area contributed by atoms with Crippen molar-refractivity contribution in [3.63, 3.8) is 0 Å². The minimum absolute atomic E-state index is 0.0187. The monoisotopic (exact) mass is 486 g/mol. The van der Waals surface area contributed by atoms with Crippen LogP contribution in [0.25, 0.3) is 16.7 Å². The normalized spacial score (nSPS) is 15.7. The molecule has 0 amide bonds. The molecule has 3 aromatic carbocycles. The molecular formula is C29H27F5O. The van der Waals surface area contributed by atoms with Crippen LogP contribution in [0.3, 0.4) is 0 Å². The van der Waals surface area contributed by atoms with Gasteiger partial charge in [0.15, 0.2) is 23.2 Å². The van der Waals surface area contributed by atoms with Crippen molar-refractivity contribution in [2.24, 2.45) is 5.92 Å². The first-order chi connectivity index (χ1) is 16.8. The zero-order chi connectivity index (χ0) is 25.1. The lowest BCUT2D eigenvalue weighted by atomic mass is 9.83. The highest BCUT2D eigenvalue weighted by Crippen LogP contribution is 2.36. The number of hydrogen-bond donors (Lipinski definition) is 0. The number of benzene rings is 3. The predicted molar refractivity (Wildman–Crippen MR) is 128 cm³/mol. The number of halogens is 5. The molecule has 184 valence electrons. The third kappa shape index (κ3) is 5.26. The Morgan fingerprint density at radius 1 is 0.857 bits per heavy atom. The largest absolute Gasteiger partial charge is 0.491 e. The van der Waals surface area contributed by atoms with Crippen LogP contribution in [-0.2, 0) is 6.42 Å². The lowest BCUT2D eigenvalue weighted by Gasteiger charge is -2.22. The summed E-state index contributed by atoms with van der Waals surface area (Å²) in [5.41, 5.74) is 2.19. The number of hydrogen-bond acceptors (Lipinski definition) is 1. The van der Waals surface area contributed by atoms with E-state index >= 15 is 0 Å². The molecule has 4 rings (SSSR count). The molecule has 1 nitrogen and oxygen atoms in total. The van der Waals surface area contributed by atoms with Crippen LogP contribution < -0.4 is 4.74 Å². The maximum Gasteiger partial charge on any atom is 0.201 e. The van der Waals surface area contributed by atoms with Gasteiger partial charge in [0.2, 0.25) is 5.82 Å². The molecular weight excluding hydrogens is 459 g/mol. The Kier molecular flexibility index (Phi) is 7.58. The minimum Gasteiger partial charge on any atom is -0.491 e. The third-order valence-corrected chi connectivity index (χ3v) is 6.67. The molecule has 1 aliphatic rings. The van der Waals surface area contributed by atoms with Crippen LogP contribution in [0, 0.1) is 41.9 Å². The Bertz CT molecular complexity index is 1260. The maximum atomic E-state index is 14.9. The Balaban J connectivity index is 1.44. The molecule has 0 bridgehead atoms. The fourth-order valence-corrected chi connectivity index (χ4v) is 4.59. The highest BCUT2D eigenvalue weighted by atomic mass is 19.2. The van der Waals surface area contributed by atoms with E-state index < -0.39 is 29.1 Å². The molecule has 0 heterocycles. The Morgan fingerprint density at radius 2 is 1.63 bits per heavy atom. The summed E-state index contributed by atoms with van der Waals surface area (Å²) in [6.07, 6.45) is 5.58. The van der Waals surface area contributed by atoms with Crippen molar-refractivity contribution in [1.82, 2.24) is 0 Å². The van der Waals surface area contributed by atoms with Gasteiger partial charge in [0.25, 0.3) is 0 Å². The van der Waals surface area contributed by atoms with E-state index in [1.165, 1.54) is 31.2 Å². The Labute approximate surface area is 202 Å². The molecule has 3 aromatic rings. The first-order valence-electron chi connectivity index (χ1n) is 11.8.